The second-order valence-corrected chi connectivity index (χ2v) is 8.54. The molecular formula is C30H32O6. The lowest BCUT2D eigenvalue weighted by Gasteiger charge is -2.24. The maximum Gasteiger partial charge on any atom is 0.330 e. The fraction of sp³-hybridized carbons (Fsp3) is 0.300. The Bertz CT molecular complexity index is 1070. The molecule has 0 radical (unpaired) electrons. The van der Waals surface area contributed by atoms with Gasteiger partial charge < -0.3 is 23.7 Å². The highest BCUT2D eigenvalue weighted by molar-refractivity contribution is 5.81. The average Bonchev–Trinajstić information content (AvgIpc) is 3.27. The standard InChI is InChI=1S/C30H32O6/c1-32-28(31)18-17-26-29(34-20-24-13-7-3-8-14-24)30(35-21-25-15-9-4-10-16-25)27(36-26)22-33-19-23-11-5-2-6-12-23/h2-18,26-27,29-30H,19-22H2,1H3/b18-17+/t26-,27+,29-,30+/m0/s1. The van der Waals surface area contributed by atoms with E-state index in [1.54, 1.807) is 6.08 Å². The molecule has 4 rings (SSSR count). The Morgan fingerprint density at radius 1 is 0.750 bits per heavy atom. The van der Waals surface area contributed by atoms with Crippen LogP contribution in [0, 0.1) is 0 Å². The van der Waals surface area contributed by atoms with Crippen molar-refractivity contribution in [3.8, 4) is 0 Å². The SMILES string of the molecule is COC(=O)/C=C/[C@@H]1O[C@H](COCc2ccccc2)[C@@H](OCc2ccccc2)[C@H]1OCc1ccccc1. The van der Waals surface area contributed by atoms with Crippen LogP contribution in [-0.2, 0) is 48.3 Å². The summed E-state index contributed by atoms with van der Waals surface area (Å²) in [7, 11) is 1.34. The van der Waals surface area contributed by atoms with Crippen molar-refractivity contribution < 1.29 is 28.5 Å². The molecule has 0 bridgehead atoms. The van der Waals surface area contributed by atoms with Crippen molar-refractivity contribution in [1.82, 2.24) is 0 Å². The third-order valence-electron chi connectivity index (χ3n) is 5.93. The number of carbonyl (C=O) groups is 1. The molecule has 0 spiro atoms. The van der Waals surface area contributed by atoms with E-state index in [9.17, 15) is 4.79 Å². The molecule has 36 heavy (non-hydrogen) atoms. The summed E-state index contributed by atoms with van der Waals surface area (Å²) in [6, 6.07) is 29.9. The minimum atomic E-state index is -0.501. The van der Waals surface area contributed by atoms with Crippen molar-refractivity contribution in [3.63, 3.8) is 0 Å². The Hall–Kier alpha value is -3.29. The lowest BCUT2D eigenvalue weighted by Crippen LogP contribution is -2.38. The summed E-state index contributed by atoms with van der Waals surface area (Å²) in [5, 5.41) is 0. The molecular weight excluding hydrogens is 456 g/mol. The first-order valence-electron chi connectivity index (χ1n) is 12.1. The quantitative estimate of drug-likeness (QED) is 0.268. The van der Waals surface area contributed by atoms with Crippen molar-refractivity contribution in [2.75, 3.05) is 13.7 Å². The van der Waals surface area contributed by atoms with E-state index in [4.69, 9.17) is 23.7 Å². The van der Waals surface area contributed by atoms with E-state index in [1.165, 1.54) is 13.2 Å². The van der Waals surface area contributed by atoms with Gasteiger partial charge in [-0.15, -0.1) is 0 Å². The molecule has 1 aliphatic heterocycles. The van der Waals surface area contributed by atoms with Crippen LogP contribution in [0.4, 0.5) is 0 Å². The molecule has 1 aliphatic rings. The van der Waals surface area contributed by atoms with Gasteiger partial charge in [0, 0.05) is 6.08 Å². The molecule has 6 nitrogen and oxygen atoms in total. The summed E-state index contributed by atoms with van der Waals surface area (Å²) < 4.78 is 29.9. The second-order valence-electron chi connectivity index (χ2n) is 8.54. The largest absolute Gasteiger partial charge is 0.466 e. The molecule has 188 valence electrons. The zero-order chi connectivity index (χ0) is 25.0. The van der Waals surface area contributed by atoms with E-state index in [2.05, 4.69) is 0 Å². The van der Waals surface area contributed by atoms with Crippen molar-refractivity contribution in [3.05, 3.63) is 120 Å². The van der Waals surface area contributed by atoms with E-state index < -0.39 is 24.3 Å². The summed E-state index contributed by atoms with van der Waals surface area (Å²) in [5.74, 6) is -0.453. The van der Waals surface area contributed by atoms with Gasteiger partial charge >= 0.3 is 5.97 Å². The van der Waals surface area contributed by atoms with Gasteiger partial charge in [0.15, 0.2) is 0 Å². The molecule has 0 aromatic heterocycles. The number of ether oxygens (including phenoxy) is 5. The number of methoxy groups -OCH3 is 1. The van der Waals surface area contributed by atoms with Crippen LogP contribution < -0.4 is 0 Å². The molecule has 6 heteroatoms. The molecule has 0 N–H and O–H groups in total. The number of benzene rings is 3. The third-order valence-corrected chi connectivity index (χ3v) is 5.93. The van der Waals surface area contributed by atoms with Crippen LogP contribution in [0.1, 0.15) is 16.7 Å². The number of esters is 1. The van der Waals surface area contributed by atoms with Gasteiger partial charge in [-0.05, 0) is 22.8 Å². The van der Waals surface area contributed by atoms with Gasteiger partial charge in [0.05, 0.1) is 33.5 Å². The molecule has 3 aromatic carbocycles. The predicted molar refractivity (Wildman–Crippen MR) is 136 cm³/mol. The predicted octanol–water partition coefficient (Wildman–Crippen LogP) is 4.87. The fourth-order valence-corrected chi connectivity index (χ4v) is 4.08. The summed E-state index contributed by atoms with van der Waals surface area (Å²) in [6.07, 6.45) is 1.31. The van der Waals surface area contributed by atoms with Crippen molar-refractivity contribution >= 4 is 5.97 Å². The summed E-state index contributed by atoms with van der Waals surface area (Å²) in [5.41, 5.74) is 3.17. The summed E-state index contributed by atoms with van der Waals surface area (Å²) >= 11 is 0. The zero-order valence-corrected chi connectivity index (χ0v) is 20.4. The van der Waals surface area contributed by atoms with Gasteiger partial charge in [-0.3, -0.25) is 0 Å². The van der Waals surface area contributed by atoms with Crippen LogP contribution >= 0.6 is 0 Å². The number of hydrogen-bond acceptors (Lipinski definition) is 6. The molecule has 0 aliphatic carbocycles. The highest BCUT2D eigenvalue weighted by Crippen LogP contribution is 2.30. The first-order valence-corrected chi connectivity index (χ1v) is 12.1. The van der Waals surface area contributed by atoms with Gasteiger partial charge in [-0.2, -0.15) is 0 Å². The Morgan fingerprint density at radius 2 is 1.25 bits per heavy atom. The molecule has 0 amide bonds. The highest BCUT2D eigenvalue weighted by atomic mass is 16.6. The average molecular weight is 489 g/mol. The summed E-state index contributed by atoms with van der Waals surface area (Å²) in [4.78, 5) is 11.8. The van der Waals surface area contributed by atoms with E-state index >= 15 is 0 Å². The Labute approximate surface area is 212 Å². The minimum Gasteiger partial charge on any atom is -0.466 e. The number of carbonyl (C=O) groups excluding carboxylic acids is 1. The normalized spacial score (nSPS) is 21.6. The molecule has 0 unspecified atom stereocenters. The lowest BCUT2D eigenvalue weighted by atomic mass is 10.1. The minimum absolute atomic E-state index is 0.322. The van der Waals surface area contributed by atoms with E-state index in [0.29, 0.717) is 26.4 Å². The smallest absolute Gasteiger partial charge is 0.330 e. The van der Waals surface area contributed by atoms with Gasteiger partial charge in [0.2, 0.25) is 0 Å². The molecule has 3 aromatic rings. The van der Waals surface area contributed by atoms with Crippen LogP contribution in [0.2, 0.25) is 0 Å². The first kappa shape index (κ1) is 25.8. The van der Waals surface area contributed by atoms with Gasteiger partial charge in [-0.1, -0.05) is 91.0 Å². The van der Waals surface area contributed by atoms with E-state index in [1.807, 2.05) is 91.0 Å². The van der Waals surface area contributed by atoms with Gasteiger partial charge in [-0.25, -0.2) is 4.79 Å². The second kappa shape index (κ2) is 13.7. The van der Waals surface area contributed by atoms with Crippen molar-refractivity contribution in [2.45, 2.75) is 44.2 Å². The fourth-order valence-electron chi connectivity index (χ4n) is 4.08. The molecule has 1 heterocycles. The van der Waals surface area contributed by atoms with Crippen LogP contribution in [-0.4, -0.2) is 44.1 Å². The first-order chi connectivity index (χ1) is 17.7. The van der Waals surface area contributed by atoms with Crippen LogP contribution in [0.3, 0.4) is 0 Å². The van der Waals surface area contributed by atoms with Gasteiger partial charge in [0.1, 0.15) is 24.4 Å². The Kier molecular flexibility index (Phi) is 9.82. The molecule has 4 atom stereocenters. The maximum atomic E-state index is 11.8. The molecule has 1 fully saturated rings. The molecule has 1 saturated heterocycles. The Morgan fingerprint density at radius 3 is 1.78 bits per heavy atom. The third kappa shape index (κ3) is 7.60. The monoisotopic (exact) mass is 488 g/mol. The van der Waals surface area contributed by atoms with Crippen LogP contribution in [0.15, 0.2) is 103 Å². The topological polar surface area (TPSA) is 63.2 Å². The van der Waals surface area contributed by atoms with Crippen LogP contribution in [0.5, 0.6) is 0 Å². The number of hydrogen-bond donors (Lipinski definition) is 0. The number of rotatable bonds is 12. The summed E-state index contributed by atoms with van der Waals surface area (Å²) in [6.45, 7) is 1.58. The van der Waals surface area contributed by atoms with Crippen LogP contribution in [0.25, 0.3) is 0 Å². The molecule has 0 saturated carbocycles. The zero-order valence-electron chi connectivity index (χ0n) is 20.4. The van der Waals surface area contributed by atoms with Crippen molar-refractivity contribution in [2.24, 2.45) is 0 Å². The lowest BCUT2D eigenvalue weighted by molar-refractivity contribution is -0.134. The van der Waals surface area contributed by atoms with E-state index in [0.717, 1.165) is 16.7 Å². The Balaban J connectivity index is 1.50. The maximum absolute atomic E-state index is 11.8. The van der Waals surface area contributed by atoms with Crippen molar-refractivity contribution in [1.29, 1.82) is 0 Å². The highest BCUT2D eigenvalue weighted by Gasteiger charge is 2.45. The van der Waals surface area contributed by atoms with Gasteiger partial charge in [0.25, 0.3) is 0 Å². The van der Waals surface area contributed by atoms with E-state index in [-0.39, 0.29) is 6.10 Å².